The lowest BCUT2D eigenvalue weighted by Crippen LogP contribution is -2.47. The Hall–Kier alpha value is -0.160. The highest BCUT2D eigenvalue weighted by Crippen LogP contribution is 2.00. The molecule has 0 aromatic rings. The second kappa shape index (κ2) is 8.86. The SMILES string of the molecule is CCN1CCN(CCOCCOC(C)C)CC1. The van der Waals surface area contributed by atoms with Gasteiger partial charge in [0, 0.05) is 32.7 Å². The maximum absolute atomic E-state index is 5.56. The Morgan fingerprint density at radius 1 is 0.941 bits per heavy atom. The summed E-state index contributed by atoms with van der Waals surface area (Å²) in [6, 6.07) is 0. The lowest BCUT2D eigenvalue weighted by Gasteiger charge is -2.33. The van der Waals surface area contributed by atoms with Crippen LogP contribution in [-0.4, -0.2) is 75.0 Å². The number of rotatable bonds is 8. The Bertz CT molecular complexity index is 180. The van der Waals surface area contributed by atoms with E-state index in [-0.39, 0.29) is 0 Å². The highest BCUT2D eigenvalue weighted by Gasteiger charge is 2.14. The van der Waals surface area contributed by atoms with Crippen LogP contribution in [0, 0.1) is 0 Å². The lowest BCUT2D eigenvalue weighted by atomic mass is 10.3. The summed E-state index contributed by atoms with van der Waals surface area (Å²) in [6.07, 6.45) is 0.306. The van der Waals surface area contributed by atoms with E-state index in [2.05, 4.69) is 16.7 Å². The van der Waals surface area contributed by atoms with Crippen LogP contribution in [0.3, 0.4) is 0 Å². The molecule has 0 unspecified atom stereocenters. The van der Waals surface area contributed by atoms with Crippen LogP contribution in [0.4, 0.5) is 0 Å². The maximum Gasteiger partial charge on any atom is 0.0703 e. The molecule has 0 N–H and O–H groups in total. The third-order valence-corrected chi connectivity index (χ3v) is 3.14. The zero-order chi connectivity index (χ0) is 12.5. The van der Waals surface area contributed by atoms with Crippen molar-refractivity contribution >= 4 is 0 Å². The van der Waals surface area contributed by atoms with E-state index in [9.17, 15) is 0 Å². The van der Waals surface area contributed by atoms with Crippen molar-refractivity contribution < 1.29 is 9.47 Å². The molecule has 0 aliphatic carbocycles. The summed E-state index contributed by atoms with van der Waals surface area (Å²) in [4.78, 5) is 4.98. The minimum atomic E-state index is 0.306. The summed E-state index contributed by atoms with van der Waals surface area (Å²) < 4.78 is 11.0. The van der Waals surface area contributed by atoms with Crippen molar-refractivity contribution in [2.75, 3.05) is 59.1 Å². The normalized spacial score (nSPS) is 19.1. The Labute approximate surface area is 106 Å². The van der Waals surface area contributed by atoms with Gasteiger partial charge in [-0.3, -0.25) is 4.90 Å². The molecule has 0 saturated carbocycles. The first-order valence-corrected chi connectivity index (χ1v) is 6.86. The van der Waals surface area contributed by atoms with Gasteiger partial charge in [-0.05, 0) is 20.4 Å². The third-order valence-electron chi connectivity index (χ3n) is 3.14. The highest BCUT2D eigenvalue weighted by molar-refractivity contribution is 4.70. The standard InChI is InChI=1S/C13H28N2O2/c1-4-14-5-7-15(8-6-14)9-10-16-11-12-17-13(2)3/h13H,4-12H2,1-3H3. The van der Waals surface area contributed by atoms with Gasteiger partial charge in [0.25, 0.3) is 0 Å². The number of piperazine rings is 1. The molecule has 0 amide bonds. The molecule has 1 heterocycles. The second-order valence-corrected chi connectivity index (χ2v) is 4.81. The number of hydrogen-bond acceptors (Lipinski definition) is 4. The van der Waals surface area contributed by atoms with Crippen molar-refractivity contribution in [3.63, 3.8) is 0 Å². The molecule has 1 saturated heterocycles. The molecule has 0 aromatic carbocycles. The van der Waals surface area contributed by atoms with E-state index in [0.29, 0.717) is 19.3 Å². The Morgan fingerprint density at radius 3 is 2.18 bits per heavy atom. The first kappa shape index (κ1) is 14.9. The molecule has 1 rings (SSSR count). The van der Waals surface area contributed by atoms with Crippen molar-refractivity contribution in [3.05, 3.63) is 0 Å². The molecule has 0 radical (unpaired) electrons. The van der Waals surface area contributed by atoms with Gasteiger partial charge in [0.05, 0.1) is 25.9 Å². The lowest BCUT2D eigenvalue weighted by molar-refractivity contribution is 0.0106. The van der Waals surface area contributed by atoms with E-state index in [1.165, 1.54) is 32.7 Å². The average Bonchev–Trinajstić information content (AvgIpc) is 2.34. The summed E-state index contributed by atoms with van der Waals surface area (Å²) in [5.74, 6) is 0. The summed E-state index contributed by atoms with van der Waals surface area (Å²) in [7, 11) is 0. The van der Waals surface area contributed by atoms with Crippen molar-refractivity contribution in [2.45, 2.75) is 26.9 Å². The van der Waals surface area contributed by atoms with Crippen LogP contribution in [0.1, 0.15) is 20.8 Å². The van der Waals surface area contributed by atoms with Gasteiger partial charge in [0.1, 0.15) is 0 Å². The fraction of sp³-hybridized carbons (Fsp3) is 1.00. The molecule has 0 aromatic heterocycles. The summed E-state index contributed by atoms with van der Waals surface area (Å²) in [5, 5.41) is 0. The highest BCUT2D eigenvalue weighted by atomic mass is 16.5. The Balaban J connectivity index is 1.90. The molecule has 1 aliphatic rings. The predicted octanol–water partition coefficient (Wildman–Crippen LogP) is 1.07. The van der Waals surface area contributed by atoms with Crippen LogP contribution in [0.15, 0.2) is 0 Å². The van der Waals surface area contributed by atoms with Crippen LogP contribution < -0.4 is 0 Å². The van der Waals surface area contributed by atoms with Crippen LogP contribution in [0.5, 0.6) is 0 Å². The quantitative estimate of drug-likeness (QED) is 0.596. The van der Waals surface area contributed by atoms with Crippen molar-refractivity contribution in [2.24, 2.45) is 0 Å². The van der Waals surface area contributed by atoms with Crippen molar-refractivity contribution in [1.29, 1.82) is 0 Å². The monoisotopic (exact) mass is 244 g/mol. The van der Waals surface area contributed by atoms with E-state index in [4.69, 9.17) is 9.47 Å². The van der Waals surface area contributed by atoms with Crippen LogP contribution in [0.25, 0.3) is 0 Å². The van der Waals surface area contributed by atoms with E-state index in [0.717, 1.165) is 13.2 Å². The molecule has 0 bridgehead atoms. The maximum atomic E-state index is 5.56. The van der Waals surface area contributed by atoms with E-state index in [1.807, 2.05) is 13.8 Å². The van der Waals surface area contributed by atoms with Gasteiger partial charge in [-0.25, -0.2) is 0 Å². The fourth-order valence-corrected chi connectivity index (χ4v) is 1.97. The van der Waals surface area contributed by atoms with Crippen LogP contribution >= 0.6 is 0 Å². The van der Waals surface area contributed by atoms with E-state index in [1.54, 1.807) is 0 Å². The first-order chi connectivity index (χ1) is 8.22. The third kappa shape index (κ3) is 6.99. The number of nitrogens with zero attached hydrogens (tertiary/aromatic N) is 2. The zero-order valence-electron chi connectivity index (χ0n) is 11.7. The van der Waals surface area contributed by atoms with Gasteiger partial charge in [0.2, 0.25) is 0 Å². The van der Waals surface area contributed by atoms with Crippen LogP contribution in [-0.2, 0) is 9.47 Å². The zero-order valence-corrected chi connectivity index (χ0v) is 11.7. The molecule has 1 aliphatic heterocycles. The fourth-order valence-electron chi connectivity index (χ4n) is 1.97. The van der Waals surface area contributed by atoms with Gasteiger partial charge in [-0.15, -0.1) is 0 Å². The molecule has 0 spiro atoms. The van der Waals surface area contributed by atoms with Gasteiger partial charge in [0.15, 0.2) is 0 Å². The Morgan fingerprint density at radius 2 is 1.59 bits per heavy atom. The molecule has 0 atom stereocenters. The largest absolute Gasteiger partial charge is 0.378 e. The van der Waals surface area contributed by atoms with E-state index < -0.39 is 0 Å². The molecule has 4 heteroatoms. The van der Waals surface area contributed by atoms with Gasteiger partial charge in [-0.2, -0.15) is 0 Å². The summed E-state index contributed by atoms with van der Waals surface area (Å²) in [6.45, 7) is 15.6. The van der Waals surface area contributed by atoms with Crippen molar-refractivity contribution in [1.82, 2.24) is 9.80 Å². The van der Waals surface area contributed by atoms with Crippen molar-refractivity contribution in [3.8, 4) is 0 Å². The van der Waals surface area contributed by atoms with Gasteiger partial charge >= 0.3 is 0 Å². The summed E-state index contributed by atoms with van der Waals surface area (Å²) in [5.41, 5.74) is 0. The first-order valence-electron chi connectivity index (χ1n) is 6.86. The molecule has 4 nitrogen and oxygen atoms in total. The molecular formula is C13H28N2O2. The molecule has 102 valence electrons. The number of ether oxygens (including phenoxy) is 2. The molecular weight excluding hydrogens is 216 g/mol. The smallest absolute Gasteiger partial charge is 0.0703 e. The minimum absolute atomic E-state index is 0.306. The average molecular weight is 244 g/mol. The van der Waals surface area contributed by atoms with Gasteiger partial charge < -0.3 is 14.4 Å². The van der Waals surface area contributed by atoms with Gasteiger partial charge in [-0.1, -0.05) is 6.92 Å². The second-order valence-electron chi connectivity index (χ2n) is 4.81. The predicted molar refractivity (Wildman–Crippen MR) is 70.5 cm³/mol. The molecule has 1 fully saturated rings. The van der Waals surface area contributed by atoms with E-state index >= 15 is 0 Å². The topological polar surface area (TPSA) is 24.9 Å². The molecule has 17 heavy (non-hydrogen) atoms. The van der Waals surface area contributed by atoms with Crippen LogP contribution in [0.2, 0.25) is 0 Å². The Kier molecular flexibility index (Phi) is 7.77. The minimum Gasteiger partial charge on any atom is -0.378 e. The summed E-state index contributed by atoms with van der Waals surface area (Å²) >= 11 is 0. The number of hydrogen-bond donors (Lipinski definition) is 0. The number of likely N-dealkylation sites (N-methyl/N-ethyl adjacent to an activating group) is 1.